The first-order valence-electron chi connectivity index (χ1n) is 40.0. The molecule has 7 N–H and O–H groups in total. The fourth-order valence-electron chi connectivity index (χ4n) is 12.8. The van der Waals surface area contributed by atoms with Crippen molar-refractivity contribution in [2.45, 2.75) is 57.8 Å². The number of benzene rings is 7. The molecule has 2 fully saturated rings. The normalized spacial score (nSPS) is 13.2. The highest BCUT2D eigenvalue weighted by molar-refractivity contribution is 9.10. The van der Waals surface area contributed by atoms with Crippen molar-refractivity contribution in [3.8, 4) is 0 Å². The number of ether oxygens (including phenoxy) is 4. The van der Waals surface area contributed by atoms with E-state index in [-0.39, 0.29) is 62.3 Å². The monoisotopic (exact) mass is 1950 g/mol. The van der Waals surface area contributed by atoms with Crippen molar-refractivity contribution in [1.82, 2.24) is 66.1 Å². The summed E-state index contributed by atoms with van der Waals surface area (Å²) in [6.07, 6.45) is 20.1. The van der Waals surface area contributed by atoms with Gasteiger partial charge in [0.1, 0.15) is 45.3 Å². The van der Waals surface area contributed by atoms with Crippen molar-refractivity contribution in [2.75, 3.05) is 28.4 Å². The van der Waals surface area contributed by atoms with Gasteiger partial charge < -0.3 is 38.7 Å². The smallest absolute Gasteiger partial charge is 0.478 e. The third-order valence-electron chi connectivity index (χ3n) is 20.6. The molecule has 0 radical (unpaired) electrons. The number of nitrogens with one attached hydrogen (secondary N) is 6. The molecule has 1 aliphatic heterocycles. The van der Waals surface area contributed by atoms with Crippen molar-refractivity contribution in [1.29, 1.82) is 0 Å². The van der Waals surface area contributed by atoms with E-state index in [2.05, 4.69) is 96.3 Å². The number of aromatic carboxylic acids is 1. The molecule has 0 atom stereocenters. The second-order valence-corrected chi connectivity index (χ2v) is 34.6. The number of carboxylic acids is 1. The van der Waals surface area contributed by atoms with E-state index in [0.717, 1.165) is 43.8 Å². The van der Waals surface area contributed by atoms with Gasteiger partial charge in [0, 0.05) is 107 Å². The number of aromatic nitrogens is 12. The Balaban J connectivity index is 0.000000132. The summed E-state index contributed by atoms with van der Waals surface area (Å²) in [6.45, 7) is 7.96. The molecule has 1 amide bonds. The number of carbonyl (C=O) groups is 6. The third kappa shape index (κ3) is 23.7. The lowest BCUT2D eigenvalue weighted by atomic mass is 9.89. The lowest BCUT2D eigenvalue weighted by molar-refractivity contribution is 0.00578. The molecule has 0 bridgehead atoms. The van der Waals surface area contributed by atoms with Gasteiger partial charge in [0.2, 0.25) is 0 Å². The number of halogens is 8. The van der Waals surface area contributed by atoms with Crippen molar-refractivity contribution in [2.24, 2.45) is 7.05 Å². The Hall–Kier alpha value is -14.3. The zero-order valence-electron chi connectivity index (χ0n) is 71.7. The number of carbonyl (C=O) groups excluding carboxylic acids is 5. The average molecular weight is 1950 g/mol. The average Bonchev–Trinajstić information content (AvgIpc) is 1.63. The van der Waals surface area contributed by atoms with E-state index in [9.17, 15) is 59.5 Å². The largest absolute Gasteiger partial charge is 0.487 e. The number of rotatable bonds is 17. The van der Waals surface area contributed by atoms with Crippen LogP contribution in [-0.4, -0.2) is 154 Å². The predicted molar refractivity (Wildman–Crippen MR) is 506 cm³/mol. The number of esters is 4. The summed E-state index contributed by atoms with van der Waals surface area (Å²) in [6, 6.07) is 38.6. The molecule has 1 saturated carbocycles. The lowest BCUT2D eigenvalue weighted by Crippen LogP contribution is -2.41. The summed E-state index contributed by atoms with van der Waals surface area (Å²) >= 11 is 9.66. The number of nitrogens with zero attached hydrogens (tertiary/aromatic N) is 7. The second kappa shape index (κ2) is 43.1. The van der Waals surface area contributed by atoms with Gasteiger partial charge in [-0.05, 0) is 193 Å². The summed E-state index contributed by atoms with van der Waals surface area (Å²) in [5.41, 5.74) is 4.97. The molecule has 133 heavy (non-hydrogen) atoms. The van der Waals surface area contributed by atoms with Gasteiger partial charge in [0.15, 0.2) is 0 Å². The van der Waals surface area contributed by atoms with Crippen LogP contribution in [0, 0.1) is 40.7 Å². The number of fused-ring (bicyclic) bond motifs is 6. The van der Waals surface area contributed by atoms with Gasteiger partial charge in [-0.2, -0.15) is 30.6 Å². The summed E-state index contributed by atoms with van der Waals surface area (Å²) < 4.78 is 127. The fraction of sp³-hybridized carbons (Fsp3) is 0.149. The van der Waals surface area contributed by atoms with Crippen LogP contribution in [0.15, 0.2) is 184 Å². The molecule has 1 aliphatic carbocycles. The van der Waals surface area contributed by atoms with Crippen LogP contribution in [0.1, 0.15) is 151 Å². The van der Waals surface area contributed by atoms with Crippen LogP contribution in [0.3, 0.4) is 0 Å². The standard InChI is InChI=1S/C17H14FN3OS.2C15H11FN2O2S.C14H18BFO2.C14H9FN2O2S.C10H8BrFN2O2.C9H7FN2O2/c18-14-9-16-13(8-12(14)17(22)19-10-3-4-10)15(20-21-16)6-5-11-2-1-7-23-11;2*1-20-15(19)10-7-11-13(5-4-9-3-2-6-21-9)17-18-14(11)8-12(10)16;1-13(2)14(3,4)18-15(17-13)10-9-11-7-5-6-8-12(11)16;15-11-7-13-10(6-9(11)14(18)19)12(16-17-13)4-3-8-2-1-5-20-8;1-14-8-4-7(12)5(10(15)16-2)3-6(8)9(11)13-14;1-14-9(13)6-2-5-4-11-12-8(5)3-7(6)10/h1-2,5-10H,3-4H2,(H,19,22)(H,20,21);2*2-8H,1H3,(H,17,18);5-10H,1-4H3;1-7H,(H,16,17)(H,18,19);3-4H,1-2H3;2-4H,1H3,(H,11,12)/b6-5+;5-4+;5-4-;10-9+;4-3+;;. The Bertz CT molecular complexity index is 7110. The Labute approximate surface area is 777 Å². The molecule has 1 saturated heterocycles. The molecule has 0 spiro atoms. The lowest BCUT2D eigenvalue weighted by Gasteiger charge is -2.32. The van der Waals surface area contributed by atoms with Gasteiger partial charge in [0.05, 0.1) is 135 Å². The molecule has 0 unspecified atom stereocenters. The van der Waals surface area contributed by atoms with Gasteiger partial charge in [-0.25, -0.2) is 54.7 Å². The minimum Gasteiger partial charge on any atom is -0.478 e. The molecule has 7 aromatic carbocycles. The summed E-state index contributed by atoms with van der Waals surface area (Å²) in [5, 5.41) is 61.6. The van der Waals surface area contributed by atoms with Crippen molar-refractivity contribution >= 4 is 224 Å². The van der Waals surface area contributed by atoms with Crippen molar-refractivity contribution in [3.63, 3.8) is 0 Å². The van der Waals surface area contributed by atoms with E-state index in [4.69, 9.17) is 14.4 Å². The van der Waals surface area contributed by atoms with Crippen LogP contribution in [0.4, 0.5) is 30.7 Å². The topological polar surface area (TPSA) is 351 Å². The highest BCUT2D eigenvalue weighted by Crippen LogP contribution is 2.38. The minimum atomic E-state index is -1.29. The fourth-order valence-corrected chi connectivity index (χ4v) is 15.8. The SMILES string of the molecule is CC1(C)OB(/C=C/c2ccccc2F)OC1(C)C.COC(=O)c1cc2c(/C=C/c3cccs3)n[nH]c2cc1F.COC(=O)c1cc2c(/C=C\c3cccs3)n[nH]c2cc1F.COC(=O)c1cc2c(Br)nn(C)c2cc1F.COC(=O)c1cc2cn[nH]c2cc1F.O=C(NC1CC1)c1cc2c(/C=C/c3cccs3)n[nH]c2cc1F.O=C(O)c1cc2c(/C=C/c3cccs3)n[nH]c2cc1F. The number of amides is 1. The first kappa shape index (κ1) is 96.2. The Kier molecular flexibility index (Phi) is 31.2. The number of H-pyrrole nitrogens is 5. The molecular weight excluding hydrogens is 1870 g/mol. The van der Waals surface area contributed by atoms with Gasteiger partial charge in [-0.3, -0.25) is 35.0 Å². The molecule has 11 heterocycles. The first-order valence-corrected chi connectivity index (χ1v) is 44.3. The molecule has 19 rings (SSSR count). The van der Waals surface area contributed by atoms with Crippen LogP contribution in [0.5, 0.6) is 0 Å². The summed E-state index contributed by atoms with van der Waals surface area (Å²) in [7, 11) is 6.13. The number of methoxy groups -OCH3 is 4. The highest BCUT2D eigenvalue weighted by Gasteiger charge is 2.50. The van der Waals surface area contributed by atoms with E-state index >= 15 is 0 Å². The Morgan fingerprint density at radius 1 is 0.451 bits per heavy atom. The van der Waals surface area contributed by atoms with Gasteiger partial charge >= 0.3 is 37.0 Å². The summed E-state index contributed by atoms with van der Waals surface area (Å²) in [5.74, 6) is -6.76. The maximum absolute atomic E-state index is 14.1. The van der Waals surface area contributed by atoms with Crippen LogP contribution < -0.4 is 5.32 Å². The molecule has 2 aliphatic rings. The molecule has 17 aromatic rings. The zero-order valence-corrected chi connectivity index (χ0v) is 76.6. The minimum absolute atomic E-state index is 0.0663. The number of aromatic amines is 5. The molecule has 10 aromatic heterocycles. The van der Waals surface area contributed by atoms with Crippen LogP contribution in [0.2, 0.25) is 0 Å². The van der Waals surface area contributed by atoms with Crippen molar-refractivity contribution < 1.29 is 92.9 Å². The molecule has 39 heteroatoms. The van der Waals surface area contributed by atoms with Gasteiger partial charge in [-0.1, -0.05) is 54.5 Å². The first-order chi connectivity index (χ1) is 63.8. The van der Waals surface area contributed by atoms with E-state index in [1.165, 1.54) is 106 Å². The van der Waals surface area contributed by atoms with Crippen LogP contribution >= 0.6 is 61.3 Å². The predicted octanol–water partition coefficient (Wildman–Crippen LogP) is 22.1. The Morgan fingerprint density at radius 3 is 1.18 bits per heavy atom. The zero-order chi connectivity index (χ0) is 95.0. The molecule has 680 valence electrons. The quantitative estimate of drug-likeness (QED) is 0.0193. The molecular formula is C94H78BBrF7N13O13S4. The number of carboxylic acid groups (broad SMARTS) is 1. The van der Waals surface area contributed by atoms with Gasteiger partial charge in [0.25, 0.3) is 5.91 Å². The van der Waals surface area contributed by atoms with Gasteiger partial charge in [-0.15, -0.1) is 45.3 Å². The van der Waals surface area contributed by atoms with Crippen LogP contribution in [0.25, 0.3) is 120 Å². The Morgan fingerprint density at radius 2 is 0.805 bits per heavy atom. The summed E-state index contributed by atoms with van der Waals surface area (Å²) in [4.78, 5) is 72.9. The van der Waals surface area contributed by atoms with E-state index in [0.29, 0.717) is 93.0 Å². The highest BCUT2D eigenvalue weighted by atomic mass is 79.9. The van der Waals surface area contributed by atoms with Crippen molar-refractivity contribution in [3.05, 3.63) is 306 Å². The van der Waals surface area contributed by atoms with Crippen LogP contribution in [-0.2, 0) is 35.3 Å². The number of thiophene rings is 4. The maximum Gasteiger partial charge on any atom is 0.487 e. The number of aryl methyl sites for hydroxylation is 1. The maximum atomic E-state index is 14.1. The number of hydrogen-bond acceptors (Lipinski definition) is 22. The second-order valence-electron chi connectivity index (χ2n) is 29.9. The van der Waals surface area contributed by atoms with E-state index in [1.54, 1.807) is 94.8 Å². The van der Waals surface area contributed by atoms with E-state index < -0.39 is 71.9 Å². The third-order valence-corrected chi connectivity index (χ3v) is 24.5. The van der Waals surface area contributed by atoms with E-state index in [1.807, 2.05) is 140 Å². The molecule has 26 nitrogen and oxygen atoms in total. The number of hydrogen-bond donors (Lipinski definition) is 7.